The maximum atomic E-state index is 11.9. The molecule has 0 saturated carbocycles. The van der Waals surface area contributed by atoms with Crippen LogP contribution in [-0.4, -0.2) is 45.0 Å². The Kier molecular flexibility index (Phi) is 5.55. The first-order valence-corrected chi connectivity index (χ1v) is 7.10. The van der Waals surface area contributed by atoms with Crippen molar-refractivity contribution in [3.8, 4) is 5.75 Å². The summed E-state index contributed by atoms with van der Waals surface area (Å²) in [7, 11) is -2.25. The lowest BCUT2D eigenvalue weighted by Crippen LogP contribution is -2.28. The topological polar surface area (TPSA) is 122 Å². The smallest absolute Gasteiger partial charge is 0.240 e. The van der Waals surface area contributed by atoms with Crippen LogP contribution < -0.4 is 10.5 Å². The summed E-state index contributed by atoms with van der Waals surface area (Å²) in [5.74, 6) is -0.172. The van der Waals surface area contributed by atoms with Crippen LogP contribution in [-0.2, 0) is 14.8 Å². The first-order valence-electron chi connectivity index (χ1n) is 5.62. The molecule has 0 fully saturated rings. The maximum absolute atomic E-state index is 11.9. The molecule has 8 heteroatoms. The van der Waals surface area contributed by atoms with Gasteiger partial charge >= 0.3 is 0 Å². The molecule has 1 aromatic rings. The Bertz CT molecular complexity index is 518. The fraction of sp³-hybridized carbons (Fsp3) is 0.455. The van der Waals surface area contributed by atoms with Gasteiger partial charge in [-0.25, -0.2) is 13.1 Å². The monoisotopic (exact) mass is 290 g/mol. The number of aliphatic hydroxyl groups excluding tert-OH is 1. The summed E-state index contributed by atoms with van der Waals surface area (Å²) in [5, 5.41) is 18.6. The lowest BCUT2D eigenvalue weighted by Gasteiger charge is -2.11. The third-order valence-corrected chi connectivity index (χ3v) is 3.90. The number of sulfonamides is 1. The van der Waals surface area contributed by atoms with E-state index in [2.05, 4.69) is 4.72 Å². The Hall–Kier alpha value is -1.35. The highest BCUT2D eigenvalue weighted by atomic mass is 32.2. The Labute approximate surface area is 112 Å². The molecule has 19 heavy (non-hydrogen) atoms. The second-order valence-corrected chi connectivity index (χ2v) is 5.78. The third kappa shape index (κ3) is 4.67. The molecule has 0 spiro atoms. The average molecular weight is 290 g/mol. The van der Waals surface area contributed by atoms with E-state index in [0.29, 0.717) is 0 Å². The van der Waals surface area contributed by atoms with Crippen molar-refractivity contribution < 1.29 is 23.4 Å². The van der Waals surface area contributed by atoms with E-state index in [-0.39, 0.29) is 35.9 Å². The Morgan fingerprint density at radius 3 is 2.74 bits per heavy atom. The van der Waals surface area contributed by atoms with Gasteiger partial charge in [0.1, 0.15) is 5.75 Å². The normalized spacial score (nSPS) is 13.4. The molecule has 0 aliphatic rings. The van der Waals surface area contributed by atoms with Gasteiger partial charge in [0.05, 0.1) is 23.3 Å². The molecule has 5 N–H and O–H groups in total. The standard InChI is InChI=1S/C11H18N2O5S/c1-18-7-8(14)4-5-13-19(16,17)9-2-3-11(15)10(12)6-9/h2-3,6,8,13-15H,4-5,7,12H2,1H3. The number of hydrogen-bond acceptors (Lipinski definition) is 6. The number of aliphatic hydroxyl groups is 1. The number of benzene rings is 1. The second-order valence-electron chi connectivity index (χ2n) is 4.02. The van der Waals surface area contributed by atoms with Crippen molar-refractivity contribution in [1.82, 2.24) is 4.72 Å². The van der Waals surface area contributed by atoms with Crippen molar-refractivity contribution in [3.05, 3.63) is 18.2 Å². The number of phenols is 1. The third-order valence-electron chi connectivity index (χ3n) is 2.44. The van der Waals surface area contributed by atoms with Gasteiger partial charge in [-0.15, -0.1) is 0 Å². The van der Waals surface area contributed by atoms with Crippen molar-refractivity contribution in [1.29, 1.82) is 0 Å². The highest BCUT2D eigenvalue weighted by molar-refractivity contribution is 7.89. The number of anilines is 1. The Morgan fingerprint density at radius 2 is 2.16 bits per heavy atom. The van der Waals surface area contributed by atoms with Gasteiger partial charge < -0.3 is 20.7 Å². The SMILES string of the molecule is COCC(O)CCNS(=O)(=O)c1ccc(O)c(N)c1. The van der Waals surface area contributed by atoms with Crippen LogP contribution in [0.3, 0.4) is 0 Å². The molecule has 0 aliphatic carbocycles. The van der Waals surface area contributed by atoms with Crippen molar-refractivity contribution in [2.45, 2.75) is 17.4 Å². The van der Waals surface area contributed by atoms with Crippen molar-refractivity contribution in [2.24, 2.45) is 0 Å². The summed E-state index contributed by atoms with van der Waals surface area (Å²) in [6.07, 6.45) is -0.488. The fourth-order valence-corrected chi connectivity index (χ4v) is 2.50. The average Bonchev–Trinajstić information content (AvgIpc) is 2.32. The first-order chi connectivity index (χ1) is 8.86. The molecule has 0 amide bonds. The van der Waals surface area contributed by atoms with Gasteiger partial charge in [-0.3, -0.25) is 0 Å². The molecule has 1 aromatic carbocycles. The summed E-state index contributed by atoms with van der Waals surface area (Å²) >= 11 is 0. The number of nitrogens with two attached hydrogens (primary N) is 1. The van der Waals surface area contributed by atoms with Crippen LogP contribution in [0.2, 0.25) is 0 Å². The number of rotatable bonds is 7. The molecule has 1 unspecified atom stereocenters. The van der Waals surface area contributed by atoms with Gasteiger partial charge in [-0.05, 0) is 24.6 Å². The highest BCUT2D eigenvalue weighted by Crippen LogP contribution is 2.22. The van der Waals surface area contributed by atoms with Gasteiger partial charge in [0.15, 0.2) is 0 Å². The van der Waals surface area contributed by atoms with Gasteiger partial charge in [0.25, 0.3) is 0 Å². The zero-order valence-corrected chi connectivity index (χ0v) is 11.4. The quantitative estimate of drug-likeness (QED) is 0.402. The van der Waals surface area contributed by atoms with Crippen LogP contribution in [0, 0.1) is 0 Å². The number of nitrogen functional groups attached to an aromatic ring is 1. The summed E-state index contributed by atoms with van der Waals surface area (Å²) < 4.78 is 30.8. The molecule has 1 atom stereocenters. The Balaban J connectivity index is 2.63. The van der Waals surface area contributed by atoms with Gasteiger partial charge in [-0.2, -0.15) is 0 Å². The molecule has 7 nitrogen and oxygen atoms in total. The minimum atomic E-state index is -3.70. The molecule has 108 valence electrons. The number of ether oxygens (including phenoxy) is 1. The molecule has 0 radical (unpaired) electrons. The van der Waals surface area contributed by atoms with Gasteiger partial charge in [0.2, 0.25) is 10.0 Å². The van der Waals surface area contributed by atoms with E-state index in [9.17, 15) is 18.6 Å². The van der Waals surface area contributed by atoms with Crippen LogP contribution in [0.4, 0.5) is 5.69 Å². The molecule has 0 bridgehead atoms. The van der Waals surface area contributed by atoms with E-state index in [4.69, 9.17) is 10.5 Å². The lowest BCUT2D eigenvalue weighted by atomic mass is 10.3. The second kappa shape index (κ2) is 6.71. The molecular formula is C11H18N2O5S. The van der Waals surface area contributed by atoms with Crippen LogP contribution in [0.25, 0.3) is 0 Å². The summed E-state index contributed by atoms with van der Waals surface area (Å²) in [4.78, 5) is -0.0379. The van der Waals surface area contributed by atoms with Crippen molar-refractivity contribution in [2.75, 3.05) is 26.0 Å². The first kappa shape index (κ1) is 15.7. The molecule has 0 heterocycles. The van der Waals surface area contributed by atoms with Gasteiger partial charge in [0, 0.05) is 13.7 Å². The van der Waals surface area contributed by atoms with E-state index in [0.717, 1.165) is 0 Å². The molecule has 0 aliphatic heterocycles. The van der Waals surface area contributed by atoms with Crippen LogP contribution in [0.15, 0.2) is 23.1 Å². The van der Waals surface area contributed by atoms with E-state index in [1.165, 1.54) is 25.3 Å². The summed E-state index contributed by atoms with van der Waals surface area (Å²) in [6.45, 7) is 0.224. The number of nitrogens with one attached hydrogen (secondary N) is 1. The number of aromatic hydroxyl groups is 1. The van der Waals surface area contributed by atoms with E-state index >= 15 is 0 Å². The predicted molar refractivity (Wildman–Crippen MR) is 70.2 cm³/mol. The number of hydrogen-bond donors (Lipinski definition) is 4. The minimum Gasteiger partial charge on any atom is -0.506 e. The zero-order chi connectivity index (χ0) is 14.5. The zero-order valence-electron chi connectivity index (χ0n) is 10.5. The van der Waals surface area contributed by atoms with Crippen LogP contribution in [0.5, 0.6) is 5.75 Å². The summed E-state index contributed by atoms with van der Waals surface area (Å²) in [5.41, 5.74) is 5.42. The fourth-order valence-electron chi connectivity index (χ4n) is 1.42. The molecule has 0 saturated heterocycles. The highest BCUT2D eigenvalue weighted by Gasteiger charge is 2.15. The largest absolute Gasteiger partial charge is 0.506 e. The number of phenolic OH excluding ortho intramolecular Hbond substituents is 1. The Morgan fingerprint density at radius 1 is 1.47 bits per heavy atom. The summed E-state index contributed by atoms with van der Waals surface area (Å²) in [6, 6.07) is 3.63. The molecule has 1 rings (SSSR count). The molecule has 0 aromatic heterocycles. The van der Waals surface area contributed by atoms with Crippen LogP contribution >= 0.6 is 0 Å². The van der Waals surface area contributed by atoms with Crippen molar-refractivity contribution in [3.63, 3.8) is 0 Å². The van der Waals surface area contributed by atoms with Crippen LogP contribution in [0.1, 0.15) is 6.42 Å². The van der Waals surface area contributed by atoms with E-state index in [1.807, 2.05) is 0 Å². The lowest BCUT2D eigenvalue weighted by molar-refractivity contribution is 0.0603. The minimum absolute atomic E-state index is 0.0118. The van der Waals surface area contributed by atoms with E-state index < -0.39 is 16.1 Å². The van der Waals surface area contributed by atoms with E-state index in [1.54, 1.807) is 0 Å². The van der Waals surface area contributed by atoms with Crippen molar-refractivity contribution >= 4 is 15.7 Å². The predicted octanol–water partition coefficient (Wildman–Crippen LogP) is -0.350. The maximum Gasteiger partial charge on any atom is 0.240 e. The van der Waals surface area contributed by atoms with Gasteiger partial charge in [-0.1, -0.05) is 0 Å². The number of methoxy groups -OCH3 is 1. The molecular weight excluding hydrogens is 272 g/mol.